The fourth-order valence-electron chi connectivity index (χ4n) is 12.1. The number of rotatable bonds is 21. The van der Waals surface area contributed by atoms with Gasteiger partial charge in [-0.15, -0.1) is 0 Å². The van der Waals surface area contributed by atoms with E-state index in [2.05, 4.69) is 131 Å². The predicted octanol–water partition coefficient (Wildman–Crippen LogP) is 16.1. The summed E-state index contributed by atoms with van der Waals surface area (Å²) in [6, 6.07) is 37.0. The number of phenolic OH excluding ortho intramolecular Hbond substituents is 1. The number of phenols is 1. The van der Waals surface area contributed by atoms with Crippen LogP contribution in [-0.4, -0.2) is 31.6 Å². The highest BCUT2D eigenvalue weighted by molar-refractivity contribution is 7.80. The van der Waals surface area contributed by atoms with E-state index >= 15 is 0 Å². The molecule has 6 aromatic rings. The molecule has 0 fully saturated rings. The average molecular weight is 1040 g/mol. The molecule has 0 saturated heterocycles. The third-order valence-electron chi connectivity index (χ3n) is 15.8. The first kappa shape index (κ1) is 51.9. The molecule has 74 heavy (non-hydrogen) atoms. The van der Waals surface area contributed by atoms with Gasteiger partial charge < -0.3 is 38.3 Å². The topological polar surface area (TPSA) is 84.8 Å². The normalized spacial score (nSPS) is 18.0. The Morgan fingerprint density at radius 3 is 1.23 bits per heavy atom. The second-order valence-electron chi connectivity index (χ2n) is 20.5. The minimum Gasteiger partial charge on any atom is -0.507 e. The van der Waals surface area contributed by atoms with Gasteiger partial charge in [-0.2, -0.15) is 0 Å². The van der Waals surface area contributed by atoms with Gasteiger partial charge in [0.2, 0.25) is 20.4 Å². The summed E-state index contributed by atoms with van der Waals surface area (Å²) in [6.45, 7) is 9.02. The molecule has 8 bridgehead atoms. The first-order valence-electron chi connectivity index (χ1n) is 27.7. The maximum atomic E-state index is 13.8. The molecule has 10 rings (SSSR count). The van der Waals surface area contributed by atoms with Crippen LogP contribution in [0.4, 0.5) is 0 Å². The third kappa shape index (κ3) is 10.7. The Morgan fingerprint density at radius 2 is 0.811 bits per heavy atom. The second-order valence-corrected chi connectivity index (χ2v) is 22.9. The van der Waals surface area contributed by atoms with E-state index in [1.165, 1.54) is 0 Å². The number of fused-ring (bicyclic) bond motifs is 2. The zero-order chi connectivity index (χ0) is 51.0. The van der Waals surface area contributed by atoms with Crippen molar-refractivity contribution in [2.24, 2.45) is 0 Å². The number of benzene rings is 6. The summed E-state index contributed by atoms with van der Waals surface area (Å²) in [5.74, 6) is 4.73. The number of hydrogen-bond donors (Lipinski definition) is 1. The van der Waals surface area contributed by atoms with Crippen LogP contribution in [0.5, 0.6) is 46.0 Å². The molecule has 3 heterocycles. The van der Waals surface area contributed by atoms with Crippen molar-refractivity contribution in [3.8, 4) is 46.0 Å². The molecule has 10 heteroatoms. The molecule has 390 valence electrons. The van der Waals surface area contributed by atoms with E-state index in [-0.39, 0.29) is 55.9 Å². The lowest BCUT2D eigenvalue weighted by Gasteiger charge is -2.35. The number of halogens is 1. The molecule has 2 unspecified atom stereocenters. The number of aromatic hydroxyl groups is 1. The van der Waals surface area contributed by atoms with Crippen LogP contribution in [0.25, 0.3) is 0 Å². The van der Waals surface area contributed by atoms with E-state index in [4.69, 9.17) is 44.8 Å². The first-order valence-corrected chi connectivity index (χ1v) is 29.6. The zero-order valence-electron chi connectivity index (χ0n) is 43.9. The summed E-state index contributed by atoms with van der Waals surface area (Å²) >= 11 is 6.64. The van der Waals surface area contributed by atoms with E-state index < -0.39 is 7.92 Å². The largest absolute Gasteiger partial charge is 0.507 e. The van der Waals surface area contributed by atoms with Crippen molar-refractivity contribution < 1.29 is 38.3 Å². The molecule has 0 spiro atoms. The molecule has 4 atom stereocenters. The van der Waals surface area contributed by atoms with Gasteiger partial charge in [0.05, 0.1) is 5.30 Å². The minimum absolute atomic E-state index is 0.00235. The van der Waals surface area contributed by atoms with E-state index in [0.29, 0.717) is 11.5 Å². The van der Waals surface area contributed by atoms with Crippen molar-refractivity contribution in [3.63, 3.8) is 0 Å². The summed E-state index contributed by atoms with van der Waals surface area (Å²) in [4.78, 5) is 0. The van der Waals surface area contributed by atoms with Crippen molar-refractivity contribution in [3.05, 3.63) is 148 Å². The average Bonchev–Trinajstić information content (AvgIpc) is 3.43. The van der Waals surface area contributed by atoms with Crippen LogP contribution in [-0.2, 0) is 0 Å². The first-order chi connectivity index (χ1) is 36.5. The minimum atomic E-state index is -1.38. The Hall–Kier alpha value is -5.56. The van der Waals surface area contributed by atoms with Crippen LogP contribution in [0, 0.1) is 0 Å². The van der Waals surface area contributed by atoms with E-state index in [0.717, 1.165) is 192 Å². The smallest absolute Gasteiger partial charge is 0.230 e. The van der Waals surface area contributed by atoms with Gasteiger partial charge in [-0.3, -0.25) is 0 Å². The van der Waals surface area contributed by atoms with Gasteiger partial charge in [-0.25, -0.2) is 0 Å². The molecule has 0 radical (unpaired) electrons. The fourth-order valence-corrected chi connectivity index (χ4v) is 14.7. The quantitative estimate of drug-likeness (QED) is 0.0434. The maximum absolute atomic E-state index is 13.8. The van der Waals surface area contributed by atoms with Crippen LogP contribution >= 0.6 is 19.5 Å². The molecule has 0 saturated carbocycles. The molecular formula is C64H74ClO8P. The number of alkyl halides is 1. The molecule has 1 N–H and O–H groups in total. The van der Waals surface area contributed by atoms with E-state index in [1.54, 1.807) is 0 Å². The lowest BCUT2D eigenvalue weighted by atomic mass is 9.76. The van der Waals surface area contributed by atoms with Crippen LogP contribution in [0.15, 0.2) is 103 Å². The standard InChI is InChI=1S/C64H74ClO8P/c1-5-9-15-27-44-48-31-49-45(28-16-10-6-2)51-33-53-47(30-18-12-8-4)55-34-54-46(29-17-11-7-3)52-32-50(44)57(35-56(52)67-38-65)68-39-69-58(48)36-59(49)70-40-71-60(51)37-61(53)72-41-73-63(55)64(62(54)66)74(42-23-19-13-20-24-42)43-25-21-14-22-26-43/h13-14,19-26,31-37,44-47,66H,5-12,15-18,27-30,38-41H2,1-4H3/t44?,45?,46-,47-/m1/s1. The molecule has 0 aromatic heterocycles. The van der Waals surface area contributed by atoms with Gasteiger partial charge in [0.25, 0.3) is 0 Å². The molecule has 3 aliphatic heterocycles. The lowest BCUT2D eigenvalue weighted by molar-refractivity contribution is 0.103. The van der Waals surface area contributed by atoms with Crippen LogP contribution in [0.2, 0.25) is 0 Å². The number of hydrogen-bond acceptors (Lipinski definition) is 8. The molecule has 4 aliphatic rings. The van der Waals surface area contributed by atoms with Crippen LogP contribution < -0.4 is 49.1 Å². The van der Waals surface area contributed by atoms with Gasteiger partial charge in [0.1, 0.15) is 46.0 Å². The van der Waals surface area contributed by atoms with Crippen molar-refractivity contribution in [1.82, 2.24) is 0 Å². The highest BCUT2D eigenvalue weighted by Crippen LogP contribution is 2.56. The molecule has 1 aliphatic carbocycles. The highest BCUT2D eigenvalue weighted by atomic mass is 35.5. The third-order valence-corrected chi connectivity index (χ3v) is 18.4. The van der Waals surface area contributed by atoms with Crippen molar-refractivity contribution >= 4 is 35.4 Å². The Morgan fingerprint density at radius 1 is 0.446 bits per heavy atom. The number of unbranched alkanes of at least 4 members (excludes halogenated alkanes) is 8. The van der Waals surface area contributed by atoms with Crippen molar-refractivity contribution in [2.45, 2.75) is 154 Å². The van der Waals surface area contributed by atoms with Gasteiger partial charge in [-0.05, 0) is 68.5 Å². The molecule has 6 aromatic carbocycles. The summed E-state index contributed by atoms with van der Waals surface area (Å²) < 4.78 is 47.3. The molecular weight excluding hydrogens is 963 g/mol. The van der Waals surface area contributed by atoms with Crippen LogP contribution in [0.3, 0.4) is 0 Å². The second kappa shape index (κ2) is 24.4. The Kier molecular flexibility index (Phi) is 17.1. The van der Waals surface area contributed by atoms with Crippen molar-refractivity contribution in [1.29, 1.82) is 0 Å². The molecule has 0 amide bonds. The highest BCUT2D eigenvalue weighted by Gasteiger charge is 2.39. The Balaban J connectivity index is 1.37. The van der Waals surface area contributed by atoms with Gasteiger partial charge in [0, 0.05) is 86.4 Å². The van der Waals surface area contributed by atoms with Gasteiger partial charge in [-0.1, -0.05) is 177 Å². The van der Waals surface area contributed by atoms with Gasteiger partial charge >= 0.3 is 0 Å². The summed E-state index contributed by atoms with van der Waals surface area (Å²) in [5.41, 5.74) is 8.52. The summed E-state index contributed by atoms with van der Waals surface area (Å²) in [6.07, 6.45) is 16.0. The van der Waals surface area contributed by atoms with Crippen LogP contribution in [0.1, 0.15) is 199 Å². The zero-order valence-corrected chi connectivity index (χ0v) is 45.5. The Labute approximate surface area is 445 Å². The van der Waals surface area contributed by atoms with E-state index in [9.17, 15) is 5.11 Å². The van der Waals surface area contributed by atoms with E-state index in [1.807, 2.05) is 0 Å². The maximum Gasteiger partial charge on any atom is 0.230 e. The summed E-state index contributed by atoms with van der Waals surface area (Å²) in [7, 11) is -1.38. The number of ether oxygens (including phenoxy) is 7. The molecule has 8 nitrogen and oxygen atoms in total. The SMILES string of the molecule is CCCCCC1c2cc3c4cc2OCOc2cc(OCCl)c(cc21)[C@@H](CCCCC)c1cc2c(c(P(c5ccccc5)c5ccccc5)c1O)OCOc1cc(c(cc1[C@H]2CCCCC)C3CCCCC)OCO4. The fraction of sp³-hybridized carbons (Fsp3) is 0.438. The van der Waals surface area contributed by atoms with Gasteiger partial charge in [0.15, 0.2) is 6.07 Å². The van der Waals surface area contributed by atoms with Crippen molar-refractivity contribution in [2.75, 3.05) is 26.4 Å². The monoisotopic (exact) mass is 1040 g/mol. The Bertz CT molecular complexity index is 2810. The lowest BCUT2D eigenvalue weighted by Crippen LogP contribution is -2.27. The summed E-state index contributed by atoms with van der Waals surface area (Å²) in [5, 5.41) is 16.8. The predicted molar refractivity (Wildman–Crippen MR) is 300 cm³/mol.